The van der Waals surface area contributed by atoms with E-state index in [-0.39, 0.29) is 10.8 Å². The number of carbonyl (C=O) groups excluding carboxylic acids is 1. The zero-order chi connectivity index (χ0) is 16.8. The fourth-order valence-electron chi connectivity index (χ4n) is 2.60. The highest BCUT2D eigenvalue weighted by atomic mass is 32.2. The van der Waals surface area contributed by atoms with Crippen LogP contribution >= 0.6 is 11.8 Å². The van der Waals surface area contributed by atoms with Gasteiger partial charge in [-0.3, -0.25) is 10.0 Å². The van der Waals surface area contributed by atoms with Gasteiger partial charge in [-0.05, 0) is 34.7 Å². The SMILES string of the molecule is CC(C)(C)c1ccc(C2Sc3ccc(C(N)=O)cc3N2O)cc1. The predicted molar refractivity (Wildman–Crippen MR) is 93.0 cm³/mol. The monoisotopic (exact) mass is 328 g/mol. The third-order valence-electron chi connectivity index (χ3n) is 4.01. The molecule has 3 N–H and O–H groups in total. The lowest BCUT2D eigenvalue weighted by atomic mass is 9.87. The topological polar surface area (TPSA) is 66.6 Å². The molecule has 1 heterocycles. The first kappa shape index (κ1) is 15.9. The molecule has 0 aliphatic carbocycles. The lowest BCUT2D eigenvalue weighted by molar-refractivity contribution is 0.1000. The van der Waals surface area contributed by atoms with Crippen molar-refractivity contribution in [3.8, 4) is 0 Å². The van der Waals surface area contributed by atoms with Crippen molar-refractivity contribution in [2.45, 2.75) is 36.5 Å². The number of nitrogens with two attached hydrogens (primary N) is 1. The first-order chi connectivity index (χ1) is 10.8. The number of thioether (sulfide) groups is 1. The summed E-state index contributed by atoms with van der Waals surface area (Å²) in [6.07, 6.45) is 0. The molecule has 1 aliphatic heterocycles. The summed E-state index contributed by atoms with van der Waals surface area (Å²) in [5.74, 6) is -0.496. The normalized spacial score (nSPS) is 17.2. The van der Waals surface area contributed by atoms with Gasteiger partial charge in [-0.1, -0.05) is 56.8 Å². The van der Waals surface area contributed by atoms with E-state index in [4.69, 9.17) is 5.73 Å². The quantitative estimate of drug-likeness (QED) is 0.871. The number of fused-ring (bicyclic) bond motifs is 1. The van der Waals surface area contributed by atoms with Crippen LogP contribution < -0.4 is 10.8 Å². The molecule has 0 aromatic heterocycles. The van der Waals surface area contributed by atoms with Crippen LogP contribution in [0.5, 0.6) is 0 Å². The van der Waals surface area contributed by atoms with E-state index in [0.29, 0.717) is 11.3 Å². The van der Waals surface area contributed by atoms with Crippen molar-refractivity contribution in [2.24, 2.45) is 5.73 Å². The van der Waals surface area contributed by atoms with E-state index >= 15 is 0 Å². The van der Waals surface area contributed by atoms with Crippen LogP contribution in [0.2, 0.25) is 0 Å². The largest absolute Gasteiger partial charge is 0.366 e. The summed E-state index contributed by atoms with van der Waals surface area (Å²) >= 11 is 1.55. The van der Waals surface area contributed by atoms with Gasteiger partial charge < -0.3 is 5.73 Å². The number of anilines is 1. The molecule has 0 spiro atoms. The Bertz CT molecular complexity index is 751. The van der Waals surface area contributed by atoms with Gasteiger partial charge in [-0.25, -0.2) is 5.06 Å². The Hall–Kier alpha value is -1.98. The molecule has 1 amide bonds. The summed E-state index contributed by atoms with van der Waals surface area (Å²) in [5, 5.41) is 11.5. The summed E-state index contributed by atoms with van der Waals surface area (Å²) in [6, 6.07) is 13.4. The van der Waals surface area contributed by atoms with Gasteiger partial charge in [0.15, 0.2) is 0 Å². The van der Waals surface area contributed by atoms with Gasteiger partial charge in [0.1, 0.15) is 5.37 Å². The standard InChI is InChI=1S/C18H20N2O2S/c1-18(2,3)13-7-4-11(5-8-13)17-20(22)14-10-12(16(19)21)6-9-15(14)23-17/h4-10,17,22H,1-3H3,(H2,19,21). The van der Waals surface area contributed by atoms with Gasteiger partial charge in [-0.2, -0.15) is 0 Å². The number of hydrogen-bond acceptors (Lipinski definition) is 4. The van der Waals surface area contributed by atoms with Crippen molar-refractivity contribution in [3.63, 3.8) is 0 Å². The summed E-state index contributed by atoms with van der Waals surface area (Å²) in [4.78, 5) is 12.2. The number of amides is 1. The van der Waals surface area contributed by atoms with E-state index in [1.807, 2.05) is 18.2 Å². The van der Waals surface area contributed by atoms with Crippen molar-refractivity contribution in [3.05, 3.63) is 59.2 Å². The highest BCUT2D eigenvalue weighted by Gasteiger charge is 2.31. The number of hydroxylamine groups is 1. The van der Waals surface area contributed by atoms with E-state index in [1.165, 1.54) is 10.6 Å². The van der Waals surface area contributed by atoms with Crippen LogP contribution in [-0.2, 0) is 5.41 Å². The minimum atomic E-state index is -0.496. The molecule has 1 atom stereocenters. The van der Waals surface area contributed by atoms with Crippen LogP contribution in [0.3, 0.4) is 0 Å². The Kier molecular flexibility index (Phi) is 3.86. The molecule has 0 saturated carbocycles. The van der Waals surface area contributed by atoms with Crippen LogP contribution in [0.15, 0.2) is 47.4 Å². The van der Waals surface area contributed by atoms with E-state index in [9.17, 15) is 10.0 Å². The highest BCUT2D eigenvalue weighted by molar-refractivity contribution is 8.00. The molecule has 5 heteroatoms. The molecule has 2 aromatic rings. The smallest absolute Gasteiger partial charge is 0.248 e. The first-order valence-electron chi connectivity index (χ1n) is 7.46. The molecular formula is C18H20N2O2S. The Morgan fingerprint density at radius 1 is 1.17 bits per heavy atom. The fraction of sp³-hybridized carbons (Fsp3) is 0.278. The van der Waals surface area contributed by atoms with E-state index in [2.05, 4.69) is 32.9 Å². The molecule has 1 unspecified atom stereocenters. The second kappa shape index (κ2) is 5.58. The third kappa shape index (κ3) is 2.94. The summed E-state index contributed by atoms with van der Waals surface area (Å²) in [6.45, 7) is 6.52. The Balaban J connectivity index is 1.90. The Labute approximate surface area is 140 Å². The molecule has 0 fully saturated rings. The van der Waals surface area contributed by atoms with Gasteiger partial charge in [0.25, 0.3) is 0 Å². The van der Waals surface area contributed by atoms with Crippen molar-refractivity contribution >= 4 is 23.4 Å². The maximum absolute atomic E-state index is 11.3. The highest BCUT2D eigenvalue weighted by Crippen LogP contribution is 2.50. The molecule has 0 saturated heterocycles. The first-order valence-corrected chi connectivity index (χ1v) is 8.34. The summed E-state index contributed by atoms with van der Waals surface area (Å²) in [7, 11) is 0. The number of rotatable bonds is 2. The van der Waals surface area contributed by atoms with E-state index < -0.39 is 5.91 Å². The molecule has 23 heavy (non-hydrogen) atoms. The maximum atomic E-state index is 11.3. The molecule has 2 aromatic carbocycles. The molecule has 4 nitrogen and oxygen atoms in total. The van der Waals surface area contributed by atoms with Crippen LogP contribution in [0, 0.1) is 0 Å². The summed E-state index contributed by atoms with van der Waals surface area (Å²) in [5.41, 5.74) is 8.69. The lowest BCUT2D eigenvalue weighted by Gasteiger charge is -2.22. The molecule has 0 bridgehead atoms. The predicted octanol–water partition coefficient (Wildman–Crippen LogP) is 4.08. The number of hydrogen-bond donors (Lipinski definition) is 2. The Morgan fingerprint density at radius 3 is 2.39 bits per heavy atom. The maximum Gasteiger partial charge on any atom is 0.248 e. The van der Waals surface area contributed by atoms with Gasteiger partial charge >= 0.3 is 0 Å². The number of nitrogens with zero attached hydrogens (tertiary/aromatic N) is 1. The average molecular weight is 328 g/mol. The number of primary amides is 1. The fourth-order valence-corrected chi connectivity index (χ4v) is 3.77. The average Bonchev–Trinajstić information content (AvgIpc) is 2.83. The van der Waals surface area contributed by atoms with Gasteiger partial charge in [0.2, 0.25) is 5.91 Å². The molecule has 3 rings (SSSR count). The van der Waals surface area contributed by atoms with Gasteiger partial charge in [-0.15, -0.1) is 0 Å². The lowest BCUT2D eigenvalue weighted by Crippen LogP contribution is -2.19. The number of carbonyl (C=O) groups is 1. The molecular weight excluding hydrogens is 308 g/mol. The second-order valence-electron chi connectivity index (χ2n) is 6.73. The third-order valence-corrected chi connectivity index (χ3v) is 5.31. The van der Waals surface area contributed by atoms with Gasteiger partial charge in [0.05, 0.1) is 5.69 Å². The summed E-state index contributed by atoms with van der Waals surface area (Å²) < 4.78 is 0. The minimum absolute atomic E-state index is 0.0968. The zero-order valence-corrected chi connectivity index (χ0v) is 14.2. The van der Waals surface area contributed by atoms with Crippen molar-refractivity contribution < 1.29 is 10.0 Å². The van der Waals surface area contributed by atoms with Crippen molar-refractivity contribution in [1.29, 1.82) is 0 Å². The van der Waals surface area contributed by atoms with Crippen molar-refractivity contribution in [1.82, 2.24) is 0 Å². The Morgan fingerprint density at radius 2 is 1.83 bits per heavy atom. The molecule has 120 valence electrons. The van der Waals surface area contributed by atoms with Crippen molar-refractivity contribution in [2.75, 3.05) is 5.06 Å². The molecule has 0 radical (unpaired) electrons. The van der Waals surface area contributed by atoms with Crippen LogP contribution in [0.1, 0.15) is 47.6 Å². The minimum Gasteiger partial charge on any atom is -0.366 e. The second-order valence-corrected chi connectivity index (χ2v) is 7.86. The van der Waals surface area contributed by atoms with Crippen LogP contribution in [0.25, 0.3) is 0 Å². The van der Waals surface area contributed by atoms with Crippen LogP contribution in [0.4, 0.5) is 5.69 Å². The van der Waals surface area contributed by atoms with E-state index in [0.717, 1.165) is 10.5 Å². The van der Waals surface area contributed by atoms with Gasteiger partial charge in [0, 0.05) is 10.5 Å². The number of benzene rings is 2. The van der Waals surface area contributed by atoms with Crippen LogP contribution in [-0.4, -0.2) is 11.1 Å². The van der Waals surface area contributed by atoms with E-state index in [1.54, 1.807) is 23.9 Å². The molecule has 1 aliphatic rings. The zero-order valence-electron chi connectivity index (χ0n) is 13.4.